The zero-order chi connectivity index (χ0) is 15.7. The van der Waals surface area contributed by atoms with Crippen molar-refractivity contribution in [1.29, 1.82) is 0 Å². The zero-order valence-corrected chi connectivity index (χ0v) is 13.7. The van der Waals surface area contributed by atoms with Crippen molar-refractivity contribution in [3.05, 3.63) is 23.9 Å². The third kappa shape index (κ3) is 6.52. The summed E-state index contributed by atoms with van der Waals surface area (Å²) in [6.45, 7) is 6.04. The summed E-state index contributed by atoms with van der Waals surface area (Å²) in [5.74, 6) is 0. The molecule has 1 aromatic heterocycles. The monoisotopic (exact) mass is 315 g/mol. The minimum absolute atomic E-state index is 0.0472. The van der Waals surface area contributed by atoms with Crippen LogP contribution in [0.5, 0.6) is 0 Å². The topological polar surface area (TPSA) is 80.3 Å². The van der Waals surface area contributed by atoms with Crippen molar-refractivity contribution in [2.45, 2.75) is 44.3 Å². The van der Waals surface area contributed by atoms with Crippen LogP contribution in [0.3, 0.4) is 0 Å². The normalized spacial score (nSPS) is 13.3. The van der Waals surface area contributed by atoms with Crippen LogP contribution in [0.2, 0.25) is 0 Å². The zero-order valence-electron chi connectivity index (χ0n) is 12.9. The van der Waals surface area contributed by atoms with Crippen LogP contribution in [0.4, 0.5) is 0 Å². The van der Waals surface area contributed by atoms with Crippen LogP contribution in [0.25, 0.3) is 0 Å². The largest absolute Gasteiger partial charge is 0.385 e. The van der Waals surface area contributed by atoms with E-state index in [9.17, 15) is 8.42 Å². The first kappa shape index (κ1) is 18.0. The van der Waals surface area contributed by atoms with Gasteiger partial charge in [-0.15, -0.1) is 0 Å². The fourth-order valence-corrected chi connectivity index (χ4v) is 2.97. The first-order valence-corrected chi connectivity index (χ1v) is 8.64. The number of aromatic nitrogens is 1. The Kier molecular flexibility index (Phi) is 7.81. The van der Waals surface area contributed by atoms with Gasteiger partial charge in [0.15, 0.2) is 5.03 Å². The molecule has 2 N–H and O–H groups in total. The van der Waals surface area contributed by atoms with Crippen molar-refractivity contribution in [1.82, 2.24) is 15.0 Å². The molecule has 0 bridgehead atoms. The number of nitrogens with zero attached hydrogens (tertiary/aromatic N) is 1. The molecule has 0 amide bonds. The Morgan fingerprint density at radius 2 is 2.14 bits per heavy atom. The quantitative estimate of drug-likeness (QED) is 0.636. The van der Waals surface area contributed by atoms with E-state index in [0.717, 1.165) is 18.5 Å². The summed E-state index contributed by atoms with van der Waals surface area (Å²) in [5, 5.41) is 3.29. The second-order valence-electron chi connectivity index (χ2n) is 4.99. The molecule has 0 saturated carbocycles. The van der Waals surface area contributed by atoms with E-state index in [1.54, 1.807) is 26.3 Å². The van der Waals surface area contributed by atoms with Gasteiger partial charge in [0.2, 0.25) is 0 Å². The number of nitrogens with one attached hydrogen (secondary N) is 2. The van der Waals surface area contributed by atoms with Crippen LogP contribution in [0.1, 0.15) is 32.3 Å². The van der Waals surface area contributed by atoms with Gasteiger partial charge in [-0.25, -0.2) is 18.1 Å². The van der Waals surface area contributed by atoms with E-state index in [1.807, 2.05) is 0 Å². The number of hydrogen-bond donors (Lipinski definition) is 2. The van der Waals surface area contributed by atoms with Crippen LogP contribution in [0, 0.1) is 0 Å². The highest BCUT2D eigenvalue weighted by Crippen LogP contribution is 2.08. The Labute approximate surface area is 127 Å². The maximum absolute atomic E-state index is 12.1. The average Bonchev–Trinajstić information content (AvgIpc) is 2.45. The molecule has 1 unspecified atom stereocenters. The fourth-order valence-electron chi connectivity index (χ4n) is 1.76. The Hall–Kier alpha value is -1.02. The summed E-state index contributed by atoms with van der Waals surface area (Å²) in [5.41, 5.74) is 0.967. The molecule has 0 radical (unpaired) electrons. The molecule has 1 heterocycles. The molecule has 120 valence electrons. The van der Waals surface area contributed by atoms with Crippen molar-refractivity contribution < 1.29 is 13.2 Å². The molecule has 7 heteroatoms. The average molecular weight is 315 g/mol. The number of ether oxygens (including phenoxy) is 1. The van der Waals surface area contributed by atoms with Crippen molar-refractivity contribution in [2.24, 2.45) is 0 Å². The minimum atomic E-state index is -3.57. The van der Waals surface area contributed by atoms with Gasteiger partial charge < -0.3 is 10.1 Å². The van der Waals surface area contributed by atoms with Crippen molar-refractivity contribution >= 4 is 10.0 Å². The maximum Gasteiger partial charge on any atom is 0.258 e. The molecule has 0 aliphatic heterocycles. The summed E-state index contributed by atoms with van der Waals surface area (Å²) >= 11 is 0. The molecule has 6 nitrogen and oxygen atoms in total. The molecule has 0 spiro atoms. The van der Waals surface area contributed by atoms with Gasteiger partial charge in [0.1, 0.15) is 0 Å². The van der Waals surface area contributed by atoms with Crippen LogP contribution in [-0.2, 0) is 21.3 Å². The number of hydrogen-bond acceptors (Lipinski definition) is 5. The second kappa shape index (κ2) is 9.09. The predicted molar refractivity (Wildman–Crippen MR) is 82.5 cm³/mol. The molecule has 1 atom stereocenters. The Balaban J connectivity index is 2.62. The highest BCUT2D eigenvalue weighted by molar-refractivity contribution is 7.89. The van der Waals surface area contributed by atoms with E-state index in [-0.39, 0.29) is 11.1 Å². The number of sulfonamides is 1. The van der Waals surface area contributed by atoms with Gasteiger partial charge in [0.25, 0.3) is 10.0 Å². The SMILES string of the molecule is CCCNCc1ccc(S(=O)(=O)NC(C)CCOC)nc1. The van der Waals surface area contributed by atoms with Gasteiger partial charge >= 0.3 is 0 Å². The van der Waals surface area contributed by atoms with E-state index in [1.165, 1.54) is 6.07 Å². The highest BCUT2D eigenvalue weighted by Gasteiger charge is 2.18. The van der Waals surface area contributed by atoms with Crippen LogP contribution in [-0.4, -0.2) is 39.7 Å². The van der Waals surface area contributed by atoms with Crippen LogP contribution < -0.4 is 10.0 Å². The fraction of sp³-hybridized carbons (Fsp3) is 0.643. The maximum atomic E-state index is 12.1. The highest BCUT2D eigenvalue weighted by atomic mass is 32.2. The third-order valence-corrected chi connectivity index (χ3v) is 4.44. The van der Waals surface area contributed by atoms with E-state index in [2.05, 4.69) is 21.9 Å². The first-order valence-electron chi connectivity index (χ1n) is 7.16. The summed E-state index contributed by atoms with van der Waals surface area (Å²) in [6, 6.07) is 3.13. The molecular weight excluding hydrogens is 290 g/mol. The molecule has 0 aromatic carbocycles. The predicted octanol–water partition coefficient (Wildman–Crippen LogP) is 1.28. The van der Waals surface area contributed by atoms with Gasteiger partial charge in [-0.3, -0.25) is 0 Å². The van der Waals surface area contributed by atoms with E-state index < -0.39 is 10.0 Å². The van der Waals surface area contributed by atoms with Crippen LogP contribution in [0.15, 0.2) is 23.4 Å². The molecular formula is C14H25N3O3S. The van der Waals surface area contributed by atoms with Crippen LogP contribution >= 0.6 is 0 Å². The molecule has 1 rings (SSSR count). The van der Waals surface area contributed by atoms with Gasteiger partial charge in [-0.05, 0) is 37.9 Å². The lowest BCUT2D eigenvalue weighted by Gasteiger charge is -2.13. The van der Waals surface area contributed by atoms with Crippen molar-refractivity contribution in [3.63, 3.8) is 0 Å². The first-order chi connectivity index (χ1) is 9.99. The van der Waals surface area contributed by atoms with Gasteiger partial charge in [-0.1, -0.05) is 13.0 Å². The molecule has 0 fully saturated rings. The summed E-state index contributed by atoms with van der Waals surface area (Å²) < 4.78 is 31.8. The smallest absolute Gasteiger partial charge is 0.258 e. The van der Waals surface area contributed by atoms with E-state index in [4.69, 9.17) is 4.74 Å². The van der Waals surface area contributed by atoms with Gasteiger partial charge in [0, 0.05) is 32.5 Å². The number of methoxy groups -OCH3 is 1. The van der Waals surface area contributed by atoms with Crippen molar-refractivity contribution in [2.75, 3.05) is 20.3 Å². The lowest BCUT2D eigenvalue weighted by atomic mass is 10.3. The molecule has 0 aliphatic carbocycles. The summed E-state index contributed by atoms with van der Waals surface area (Å²) in [4.78, 5) is 4.04. The van der Waals surface area contributed by atoms with Gasteiger partial charge in [-0.2, -0.15) is 0 Å². The lowest BCUT2D eigenvalue weighted by Crippen LogP contribution is -2.33. The number of pyridine rings is 1. The van der Waals surface area contributed by atoms with E-state index in [0.29, 0.717) is 19.6 Å². The van der Waals surface area contributed by atoms with E-state index >= 15 is 0 Å². The van der Waals surface area contributed by atoms with Crippen molar-refractivity contribution in [3.8, 4) is 0 Å². The Bertz CT molecular complexity index is 503. The minimum Gasteiger partial charge on any atom is -0.385 e. The summed E-state index contributed by atoms with van der Waals surface area (Å²) in [6.07, 6.45) is 3.27. The molecule has 21 heavy (non-hydrogen) atoms. The third-order valence-electron chi connectivity index (χ3n) is 2.94. The molecule has 0 saturated heterocycles. The lowest BCUT2D eigenvalue weighted by molar-refractivity contribution is 0.188. The standard InChI is InChI=1S/C14H25N3O3S/c1-4-8-15-10-13-5-6-14(16-11-13)21(18,19)17-12(2)7-9-20-3/h5-6,11-12,15,17H,4,7-10H2,1-3H3. The summed E-state index contributed by atoms with van der Waals surface area (Å²) in [7, 11) is -1.98. The number of rotatable bonds is 10. The Morgan fingerprint density at radius 3 is 2.71 bits per heavy atom. The second-order valence-corrected chi connectivity index (χ2v) is 6.65. The Morgan fingerprint density at radius 1 is 1.38 bits per heavy atom. The molecule has 1 aromatic rings. The molecule has 0 aliphatic rings. The van der Waals surface area contributed by atoms with Gasteiger partial charge in [0.05, 0.1) is 0 Å².